The van der Waals surface area contributed by atoms with Gasteiger partial charge in [-0.1, -0.05) is 37.5 Å². The van der Waals surface area contributed by atoms with Crippen LogP contribution in [-0.4, -0.2) is 10.1 Å². The molecule has 2 nitrogen and oxygen atoms in total. The lowest BCUT2D eigenvalue weighted by molar-refractivity contribution is 0.283. The second-order valence-electron chi connectivity index (χ2n) is 5.20. The molecule has 1 N–H and O–H groups in total. The number of fused-ring (bicyclic) bond motifs is 1. The number of benzene rings is 1. The molecule has 18 heavy (non-hydrogen) atoms. The quantitative estimate of drug-likeness (QED) is 0.868. The second-order valence-corrected chi connectivity index (χ2v) is 5.20. The molecular weight excluding hydrogens is 222 g/mol. The summed E-state index contributed by atoms with van der Waals surface area (Å²) in [4.78, 5) is 4.62. The fraction of sp³-hybridized carbons (Fsp3) is 0.438. The summed E-state index contributed by atoms with van der Waals surface area (Å²) in [5.41, 5.74) is 2.24. The summed E-state index contributed by atoms with van der Waals surface area (Å²) < 4.78 is 0. The molecule has 0 radical (unpaired) electrons. The van der Waals surface area contributed by atoms with E-state index >= 15 is 0 Å². The fourth-order valence-electron chi connectivity index (χ4n) is 3.13. The molecule has 1 saturated carbocycles. The van der Waals surface area contributed by atoms with Crippen LogP contribution in [0.2, 0.25) is 0 Å². The molecule has 1 aliphatic rings. The van der Waals surface area contributed by atoms with Gasteiger partial charge in [0.25, 0.3) is 0 Å². The number of hydrogen-bond donors (Lipinski definition) is 1. The first-order chi connectivity index (χ1) is 8.90. The minimum Gasteiger partial charge on any atom is -0.392 e. The molecule has 0 amide bonds. The summed E-state index contributed by atoms with van der Waals surface area (Å²) >= 11 is 0. The Bertz CT molecular complexity index is 544. The summed E-state index contributed by atoms with van der Waals surface area (Å²) in [5, 5.41) is 11.8. The molecule has 94 valence electrons. The van der Waals surface area contributed by atoms with E-state index in [0.29, 0.717) is 5.92 Å². The smallest absolute Gasteiger partial charge is 0.0687 e. The zero-order valence-electron chi connectivity index (χ0n) is 10.6. The van der Waals surface area contributed by atoms with E-state index in [2.05, 4.69) is 11.1 Å². The SMILES string of the molecule is OCc1cccc2c(C3CCCCC3)nccc12. The summed E-state index contributed by atoms with van der Waals surface area (Å²) in [6, 6.07) is 8.19. The molecule has 0 saturated heterocycles. The van der Waals surface area contributed by atoms with Crippen LogP contribution in [0.4, 0.5) is 0 Å². The normalized spacial score (nSPS) is 17.2. The first kappa shape index (κ1) is 11.7. The Morgan fingerprint density at radius 2 is 1.89 bits per heavy atom. The van der Waals surface area contributed by atoms with Gasteiger partial charge in [0.15, 0.2) is 0 Å². The summed E-state index contributed by atoms with van der Waals surface area (Å²) in [5.74, 6) is 0.608. The van der Waals surface area contributed by atoms with Crippen molar-refractivity contribution in [3.05, 3.63) is 41.7 Å². The average Bonchev–Trinajstić information content (AvgIpc) is 2.47. The number of aromatic nitrogens is 1. The van der Waals surface area contributed by atoms with E-state index in [0.717, 1.165) is 10.9 Å². The Hall–Kier alpha value is -1.41. The molecule has 0 spiro atoms. The van der Waals surface area contributed by atoms with E-state index < -0.39 is 0 Å². The molecule has 1 heterocycles. The number of aliphatic hydroxyl groups is 1. The first-order valence-electron chi connectivity index (χ1n) is 6.87. The number of pyridine rings is 1. The van der Waals surface area contributed by atoms with Gasteiger partial charge in [0.2, 0.25) is 0 Å². The lowest BCUT2D eigenvalue weighted by Gasteiger charge is -2.22. The van der Waals surface area contributed by atoms with Crippen molar-refractivity contribution in [3.8, 4) is 0 Å². The van der Waals surface area contributed by atoms with Crippen LogP contribution in [0.3, 0.4) is 0 Å². The highest BCUT2D eigenvalue weighted by Crippen LogP contribution is 2.35. The molecule has 1 aliphatic carbocycles. The highest BCUT2D eigenvalue weighted by atomic mass is 16.3. The predicted octanol–water partition coefficient (Wildman–Crippen LogP) is 3.77. The minimum absolute atomic E-state index is 0.103. The number of rotatable bonds is 2. The standard InChI is InChI=1S/C16H19NO/c18-11-13-7-4-8-15-14(13)9-10-17-16(15)12-5-2-1-3-6-12/h4,7-10,12,18H,1-3,5-6,11H2. The number of aliphatic hydroxyl groups excluding tert-OH is 1. The van der Waals surface area contributed by atoms with Crippen LogP contribution in [0.25, 0.3) is 10.8 Å². The molecular formula is C16H19NO. The number of hydrogen-bond acceptors (Lipinski definition) is 2. The molecule has 0 atom stereocenters. The Morgan fingerprint density at radius 3 is 2.67 bits per heavy atom. The molecule has 1 aromatic heterocycles. The van der Waals surface area contributed by atoms with Gasteiger partial charge in [0.05, 0.1) is 12.3 Å². The predicted molar refractivity (Wildman–Crippen MR) is 73.5 cm³/mol. The van der Waals surface area contributed by atoms with Crippen molar-refractivity contribution in [1.82, 2.24) is 4.98 Å². The maximum Gasteiger partial charge on any atom is 0.0687 e. The lowest BCUT2D eigenvalue weighted by Crippen LogP contribution is -2.07. The van der Waals surface area contributed by atoms with Crippen LogP contribution >= 0.6 is 0 Å². The van der Waals surface area contributed by atoms with E-state index in [-0.39, 0.29) is 6.61 Å². The van der Waals surface area contributed by atoms with Gasteiger partial charge in [-0.2, -0.15) is 0 Å². The van der Waals surface area contributed by atoms with E-state index in [4.69, 9.17) is 0 Å². The van der Waals surface area contributed by atoms with Gasteiger partial charge < -0.3 is 5.11 Å². The largest absolute Gasteiger partial charge is 0.392 e. The summed E-state index contributed by atoms with van der Waals surface area (Å²) in [7, 11) is 0. The van der Waals surface area contributed by atoms with Gasteiger partial charge in [0.1, 0.15) is 0 Å². The topological polar surface area (TPSA) is 33.1 Å². The molecule has 0 aliphatic heterocycles. The molecule has 0 bridgehead atoms. The van der Waals surface area contributed by atoms with Crippen LogP contribution in [0.5, 0.6) is 0 Å². The minimum atomic E-state index is 0.103. The van der Waals surface area contributed by atoms with Crippen LogP contribution in [-0.2, 0) is 6.61 Å². The van der Waals surface area contributed by atoms with E-state index in [1.807, 2.05) is 24.4 Å². The van der Waals surface area contributed by atoms with Crippen molar-refractivity contribution in [2.24, 2.45) is 0 Å². The van der Waals surface area contributed by atoms with Crippen LogP contribution in [0.15, 0.2) is 30.5 Å². The van der Waals surface area contributed by atoms with Crippen LogP contribution < -0.4 is 0 Å². The van der Waals surface area contributed by atoms with E-state index in [1.54, 1.807) is 0 Å². The van der Waals surface area contributed by atoms with Crippen LogP contribution in [0, 0.1) is 0 Å². The average molecular weight is 241 g/mol. The van der Waals surface area contributed by atoms with Crippen molar-refractivity contribution >= 4 is 10.8 Å². The zero-order valence-corrected chi connectivity index (χ0v) is 10.6. The van der Waals surface area contributed by atoms with Gasteiger partial charge in [-0.15, -0.1) is 0 Å². The molecule has 1 aromatic carbocycles. The third kappa shape index (κ3) is 2.01. The Kier molecular flexibility index (Phi) is 3.28. The molecule has 0 unspecified atom stereocenters. The highest BCUT2D eigenvalue weighted by molar-refractivity contribution is 5.87. The van der Waals surface area contributed by atoms with Gasteiger partial charge in [0, 0.05) is 17.5 Å². The zero-order chi connectivity index (χ0) is 12.4. The second kappa shape index (κ2) is 5.07. The van der Waals surface area contributed by atoms with Gasteiger partial charge >= 0.3 is 0 Å². The van der Waals surface area contributed by atoms with Gasteiger partial charge in [-0.05, 0) is 29.9 Å². The number of nitrogens with zero attached hydrogens (tertiary/aromatic N) is 1. The van der Waals surface area contributed by atoms with Crippen LogP contribution in [0.1, 0.15) is 49.3 Å². The third-order valence-electron chi connectivity index (χ3n) is 4.09. The Labute approximate surface area is 108 Å². The Morgan fingerprint density at radius 1 is 1.06 bits per heavy atom. The maximum atomic E-state index is 9.42. The van der Waals surface area contributed by atoms with E-state index in [1.165, 1.54) is 43.2 Å². The van der Waals surface area contributed by atoms with Gasteiger partial charge in [-0.25, -0.2) is 0 Å². The summed E-state index contributed by atoms with van der Waals surface area (Å²) in [6.07, 6.45) is 8.42. The Balaban J connectivity index is 2.11. The fourth-order valence-corrected chi connectivity index (χ4v) is 3.13. The molecule has 2 aromatic rings. The monoisotopic (exact) mass is 241 g/mol. The highest BCUT2D eigenvalue weighted by Gasteiger charge is 2.19. The first-order valence-corrected chi connectivity index (χ1v) is 6.87. The van der Waals surface area contributed by atoms with Crippen molar-refractivity contribution in [2.45, 2.75) is 44.6 Å². The maximum absolute atomic E-state index is 9.42. The van der Waals surface area contributed by atoms with Gasteiger partial charge in [-0.3, -0.25) is 4.98 Å². The van der Waals surface area contributed by atoms with Crippen molar-refractivity contribution in [1.29, 1.82) is 0 Å². The van der Waals surface area contributed by atoms with Crippen molar-refractivity contribution < 1.29 is 5.11 Å². The molecule has 2 heteroatoms. The summed E-state index contributed by atoms with van der Waals surface area (Å²) in [6.45, 7) is 0.103. The molecule has 1 fully saturated rings. The lowest BCUT2D eigenvalue weighted by atomic mass is 9.84. The third-order valence-corrected chi connectivity index (χ3v) is 4.09. The van der Waals surface area contributed by atoms with E-state index in [9.17, 15) is 5.11 Å². The molecule has 3 rings (SSSR count). The van der Waals surface area contributed by atoms with Crippen molar-refractivity contribution in [2.75, 3.05) is 0 Å². The van der Waals surface area contributed by atoms with Crippen molar-refractivity contribution in [3.63, 3.8) is 0 Å².